The quantitative estimate of drug-likeness (QED) is 0.813. The zero-order chi connectivity index (χ0) is 12.1. The van der Waals surface area contributed by atoms with Gasteiger partial charge in [0.2, 0.25) is 0 Å². The van der Waals surface area contributed by atoms with E-state index in [1.54, 1.807) is 18.7 Å². The van der Waals surface area contributed by atoms with Crippen LogP contribution in [0.25, 0.3) is 0 Å². The largest absolute Gasteiger partial charge is 0.352 e. The molecule has 2 aromatic heterocycles. The monoisotopic (exact) mass is 292 g/mol. The van der Waals surface area contributed by atoms with Crippen LogP contribution in [0.2, 0.25) is 0 Å². The Morgan fingerprint density at radius 1 is 1.24 bits per heavy atom. The van der Waals surface area contributed by atoms with Crippen molar-refractivity contribution >= 4 is 21.7 Å². The minimum atomic E-state index is 0.802. The molecule has 0 aliphatic heterocycles. The summed E-state index contributed by atoms with van der Waals surface area (Å²) in [5.74, 6) is 0.922. The van der Waals surface area contributed by atoms with E-state index in [4.69, 9.17) is 0 Å². The zero-order valence-electron chi connectivity index (χ0n) is 9.55. The highest BCUT2D eigenvalue weighted by molar-refractivity contribution is 9.10. The maximum Gasteiger partial charge on any atom is 0.133 e. The molecule has 2 rings (SSSR count). The van der Waals surface area contributed by atoms with Gasteiger partial charge in [0.05, 0.1) is 0 Å². The summed E-state index contributed by atoms with van der Waals surface area (Å²) in [7, 11) is 0. The molecule has 5 heteroatoms. The molecule has 0 radical (unpaired) electrons. The predicted molar refractivity (Wildman–Crippen MR) is 70.7 cm³/mol. The van der Waals surface area contributed by atoms with E-state index in [1.807, 2.05) is 18.2 Å². The highest BCUT2D eigenvalue weighted by Gasteiger charge is 2.07. The second-order valence-corrected chi connectivity index (χ2v) is 4.38. The van der Waals surface area contributed by atoms with Crippen molar-refractivity contribution in [3.63, 3.8) is 0 Å². The van der Waals surface area contributed by atoms with Crippen molar-refractivity contribution < 1.29 is 0 Å². The van der Waals surface area contributed by atoms with Crippen molar-refractivity contribution in [2.24, 2.45) is 0 Å². The Kier molecular flexibility index (Phi) is 4.03. The normalized spacial score (nSPS) is 10.2. The summed E-state index contributed by atoms with van der Waals surface area (Å²) in [6.45, 7) is 3.82. The molecular weight excluding hydrogens is 280 g/mol. The number of hydrogen-bond donors (Lipinski definition) is 0. The fourth-order valence-corrected chi connectivity index (χ4v) is 1.86. The van der Waals surface area contributed by atoms with Crippen LogP contribution in [-0.2, 0) is 6.54 Å². The van der Waals surface area contributed by atoms with Crippen LogP contribution in [0.1, 0.15) is 12.5 Å². The Bertz CT molecular complexity index is 475. The molecule has 0 aliphatic rings. The van der Waals surface area contributed by atoms with Crippen molar-refractivity contribution in [3.8, 4) is 0 Å². The minimum Gasteiger partial charge on any atom is -0.352 e. The molecule has 0 N–H and O–H groups in total. The first-order valence-electron chi connectivity index (χ1n) is 5.41. The van der Waals surface area contributed by atoms with Crippen molar-refractivity contribution in [1.82, 2.24) is 15.0 Å². The standard InChI is InChI=1S/C12H13BrN4/c1-2-17(8-10-3-5-14-6-4-10)12-7-11(13)15-9-16-12/h3-7,9H,2,8H2,1H3. The lowest BCUT2D eigenvalue weighted by molar-refractivity contribution is 0.807. The fraction of sp³-hybridized carbons (Fsp3) is 0.250. The van der Waals surface area contributed by atoms with E-state index < -0.39 is 0 Å². The van der Waals surface area contributed by atoms with Crippen LogP contribution in [-0.4, -0.2) is 21.5 Å². The molecule has 2 heterocycles. The first kappa shape index (κ1) is 12.0. The van der Waals surface area contributed by atoms with Gasteiger partial charge in [0.1, 0.15) is 16.7 Å². The van der Waals surface area contributed by atoms with E-state index in [2.05, 4.69) is 42.7 Å². The summed E-state index contributed by atoms with van der Waals surface area (Å²) in [4.78, 5) is 14.5. The summed E-state index contributed by atoms with van der Waals surface area (Å²) >= 11 is 3.36. The molecule has 0 aliphatic carbocycles. The van der Waals surface area contributed by atoms with Gasteiger partial charge in [-0.1, -0.05) is 0 Å². The van der Waals surface area contributed by atoms with Gasteiger partial charge < -0.3 is 4.90 Å². The lowest BCUT2D eigenvalue weighted by Crippen LogP contribution is -2.23. The van der Waals surface area contributed by atoms with Crippen molar-refractivity contribution in [1.29, 1.82) is 0 Å². The van der Waals surface area contributed by atoms with Crippen LogP contribution < -0.4 is 4.90 Å². The second-order valence-electron chi connectivity index (χ2n) is 3.57. The third-order valence-corrected chi connectivity index (χ3v) is 2.88. The van der Waals surface area contributed by atoms with Gasteiger partial charge in [-0.2, -0.15) is 0 Å². The molecular formula is C12H13BrN4. The molecule has 0 atom stereocenters. The van der Waals surface area contributed by atoms with Gasteiger partial charge in [-0.25, -0.2) is 9.97 Å². The fourth-order valence-electron chi connectivity index (χ4n) is 1.56. The van der Waals surface area contributed by atoms with Crippen molar-refractivity contribution in [3.05, 3.63) is 47.1 Å². The SMILES string of the molecule is CCN(Cc1ccncc1)c1cc(Br)ncn1. The van der Waals surface area contributed by atoms with E-state index >= 15 is 0 Å². The van der Waals surface area contributed by atoms with Crippen LogP contribution in [0.4, 0.5) is 5.82 Å². The zero-order valence-corrected chi connectivity index (χ0v) is 11.1. The summed E-state index contributed by atoms with van der Waals surface area (Å²) in [6.07, 6.45) is 5.17. The van der Waals surface area contributed by atoms with Crippen LogP contribution in [0.3, 0.4) is 0 Å². The average molecular weight is 293 g/mol. The molecule has 0 amide bonds. The number of hydrogen-bond acceptors (Lipinski definition) is 4. The van der Waals surface area contributed by atoms with E-state index in [-0.39, 0.29) is 0 Å². The Labute approximate surface area is 109 Å². The maximum absolute atomic E-state index is 4.28. The Balaban J connectivity index is 2.17. The molecule has 4 nitrogen and oxygen atoms in total. The highest BCUT2D eigenvalue weighted by Crippen LogP contribution is 2.16. The van der Waals surface area contributed by atoms with Gasteiger partial charge in [0.15, 0.2) is 0 Å². The van der Waals surface area contributed by atoms with Crippen molar-refractivity contribution in [2.45, 2.75) is 13.5 Å². The van der Waals surface area contributed by atoms with Gasteiger partial charge in [-0.05, 0) is 40.5 Å². The van der Waals surface area contributed by atoms with Crippen LogP contribution in [0, 0.1) is 0 Å². The third kappa shape index (κ3) is 3.23. The van der Waals surface area contributed by atoms with Gasteiger partial charge >= 0.3 is 0 Å². The topological polar surface area (TPSA) is 41.9 Å². The smallest absolute Gasteiger partial charge is 0.133 e. The number of anilines is 1. The number of nitrogens with zero attached hydrogens (tertiary/aromatic N) is 4. The Morgan fingerprint density at radius 3 is 2.65 bits per heavy atom. The maximum atomic E-state index is 4.28. The van der Waals surface area contributed by atoms with Crippen LogP contribution in [0.15, 0.2) is 41.5 Å². The minimum absolute atomic E-state index is 0.802. The third-order valence-electron chi connectivity index (χ3n) is 2.45. The average Bonchev–Trinajstić information content (AvgIpc) is 2.37. The first-order valence-corrected chi connectivity index (χ1v) is 6.20. The van der Waals surface area contributed by atoms with Crippen LogP contribution >= 0.6 is 15.9 Å². The van der Waals surface area contributed by atoms with E-state index in [0.717, 1.165) is 23.5 Å². The molecule has 0 saturated heterocycles. The number of halogens is 1. The van der Waals surface area contributed by atoms with E-state index in [9.17, 15) is 0 Å². The first-order chi connectivity index (χ1) is 8.29. The number of aromatic nitrogens is 3. The molecule has 0 unspecified atom stereocenters. The van der Waals surface area contributed by atoms with Gasteiger partial charge in [-0.3, -0.25) is 4.98 Å². The van der Waals surface area contributed by atoms with Gasteiger partial charge in [0.25, 0.3) is 0 Å². The molecule has 2 aromatic rings. The molecule has 0 fully saturated rings. The van der Waals surface area contributed by atoms with E-state index in [1.165, 1.54) is 5.56 Å². The van der Waals surface area contributed by atoms with E-state index in [0.29, 0.717) is 0 Å². The number of rotatable bonds is 4. The molecule has 17 heavy (non-hydrogen) atoms. The van der Waals surface area contributed by atoms with Crippen LogP contribution in [0.5, 0.6) is 0 Å². The number of pyridine rings is 1. The Hall–Kier alpha value is -1.49. The second kappa shape index (κ2) is 5.72. The molecule has 0 bridgehead atoms. The molecule has 0 aromatic carbocycles. The highest BCUT2D eigenvalue weighted by atomic mass is 79.9. The molecule has 0 saturated carbocycles. The lowest BCUT2D eigenvalue weighted by atomic mass is 10.2. The summed E-state index contributed by atoms with van der Waals surface area (Å²) in [6, 6.07) is 5.95. The van der Waals surface area contributed by atoms with Gasteiger partial charge in [-0.15, -0.1) is 0 Å². The summed E-state index contributed by atoms with van der Waals surface area (Å²) in [5, 5.41) is 0. The van der Waals surface area contributed by atoms with Gasteiger partial charge in [0, 0.05) is 31.5 Å². The summed E-state index contributed by atoms with van der Waals surface area (Å²) in [5.41, 5.74) is 1.22. The van der Waals surface area contributed by atoms with Crippen molar-refractivity contribution in [2.75, 3.05) is 11.4 Å². The predicted octanol–water partition coefficient (Wildman–Crippen LogP) is 2.66. The Morgan fingerprint density at radius 2 is 2.00 bits per heavy atom. The molecule has 88 valence electrons. The summed E-state index contributed by atoms with van der Waals surface area (Å²) < 4.78 is 0.802. The molecule has 0 spiro atoms. The lowest BCUT2D eigenvalue weighted by Gasteiger charge is -2.21.